The van der Waals surface area contributed by atoms with Gasteiger partial charge in [0.2, 0.25) is 0 Å². The first-order valence-electron chi connectivity index (χ1n) is 10.4. The van der Waals surface area contributed by atoms with Crippen LogP contribution in [0.5, 0.6) is 5.75 Å². The Hall–Kier alpha value is -1.06. The lowest BCUT2D eigenvalue weighted by atomic mass is 9.53. The average Bonchev–Trinajstić information content (AvgIpc) is 3.00. The molecule has 2 spiro atoms. The summed E-state index contributed by atoms with van der Waals surface area (Å²) in [6.07, 6.45) is 10.8. The van der Waals surface area contributed by atoms with Crippen LogP contribution in [0.4, 0.5) is 0 Å². The molecule has 0 radical (unpaired) electrons. The number of likely N-dealkylation sites (tertiary alicyclic amines) is 1. The van der Waals surface area contributed by atoms with Crippen LogP contribution in [0, 0.1) is 5.92 Å². The number of benzene rings is 1. The molecule has 4 atom stereocenters. The molecule has 6 rings (SSSR count). The molecule has 0 amide bonds. The van der Waals surface area contributed by atoms with Crippen molar-refractivity contribution in [3.8, 4) is 5.75 Å². The minimum absolute atomic E-state index is 0.114. The lowest BCUT2D eigenvalue weighted by Gasteiger charge is -2.56. The number of rotatable bonds is 2. The third kappa shape index (κ3) is 1.66. The predicted octanol–water partition coefficient (Wildman–Crippen LogP) is 3.46. The molecule has 1 aromatic rings. The van der Waals surface area contributed by atoms with Crippen molar-refractivity contribution in [3.05, 3.63) is 29.3 Å². The highest BCUT2D eigenvalue weighted by Gasteiger charge is 2.72. The van der Waals surface area contributed by atoms with Crippen molar-refractivity contribution in [3.63, 3.8) is 0 Å². The Bertz CT molecular complexity index is 744. The van der Waals surface area contributed by atoms with E-state index in [1.54, 1.807) is 0 Å². The summed E-state index contributed by atoms with van der Waals surface area (Å²) in [6.45, 7) is 2.31. The zero-order valence-electron chi connectivity index (χ0n) is 15.0. The highest BCUT2D eigenvalue weighted by Crippen LogP contribution is 2.69. The number of hydrogen-bond acceptors (Lipinski definition) is 3. The normalized spacial score (nSPS) is 45.1. The van der Waals surface area contributed by atoms with Crippen LogP contribution >= 0.6 is 0 Å². The van der Waals surface area contributed by atoms with Gasteiger partial charge in [-0.25, -0.2) is 0 Å². The molecule has 1 aliphatic heterocycles. The van der Waals surface area contributed by atoms with E-state index in [4.69, 9.17) is 0 Å². The van der Waals surface area contributed by atoms with E-state index in [-0.39, 0.29) is 10.8 Å². The van der Waals surface area contributed by atoms with Crippen molar-refractivity contribution >= 4 is 0 Å². The Kier molecular flexibility index (Phi) is 2.77. The van der Waals surface area contributed by atoms with Gasteiger partial charge < -0.3 is 10.2 Å². The van der Waals surface area contributed by atoms with Gasteiger partial charge in [0.05, 0.1) is 5.60 Å². The lowest BCUT2D eigenvalue weighted by Crippen LogP contribution is -2.64. The topological polar surface area (TPSA) is 43.7 Å². The van der Waals surface area contributed by atoms with Gasteiger partial charge in [-0.05, 0) is 67.7 Å². The van der Waals surface area contributed by atoms with Crippen molar-refractivity contribution in [2.24, 2.45) is 5.92 Å². The second-order valence-electron chi connectivity index (χ2n) is 9.85. The standard InChI is InChI=1S/C22H29NO2/c24-16-6-7-17-18(10-16)21-8-1-2-9-22(21,25)19-11-20(17,13-21)14-23(19)12-15-4-3-5-15/h6-7,10,15,19,24-25H,1-5,8-9,11-14H2. The van der Waals surface area contributed by atoms with Crippen LogP contribution in [0.25, 0.3) is 0 Å². The Morgan fingerprint density at radius 1 is 1.08 bits per heavy atom. The first kappa shape index (κ1) is 15.0. The van der Waals surface area contributed by atoms with Gasteiger partial charge in [-0.3, -0.25) is 4.90 Å². The summed E-state index contributed by atoms with van der Waals surface area (Å²) >= 11 is 0. The van der Waals surface area contributed by atoms with Gasteiger partial charge in [-0.1, -0.05) is 25.3 Å². The molecule has 3 heteroatoms. The van der Waals surface area contributed by atoms with Crippen molar-refractivity contribution in [1.82, 2.24) is 4.90 Å². The predicted molar refractivity (Wildman–Crippen MR) is 96.8 cm³/mol. The van der Waals surface area contributed by atoms with Crippen molar-refractivity contribution < 1.29 is 10.2 Å². The summed E-state index contributed by atoms with van der Waals surface area (Å²) in [5.74, 6) is 1.23. The Labute approximate surface area is 150 Å². The van der Waals surface area contributed by atoms with Crippen LogP contribution in [0.15, 0.2) is 18.2 Å². The Morgan fingerprint density at radius 3 is 2.72 bits per heavy atom. The molecule has 4 aliphatic carbocycles. The minimum atomic E-state index is -0.603. The highest BCUT2D eigenvalue weighted by molar-refractivity contribution is 5.56. The van der Waals surface area contributed by atoms with E-state index in [0.29, 0.717) is 11.8 Å². The number of phenols is 1. The van der Waals surface area contributed by atoms with E-state index < -0.39 is 5.60 Å². The van der Waals surface area contributed by atoms with Gasteiger partial charge in [-0.2, -0.15) is 0 Å². The molecule has 0 aromatic heterocycles. The summed E-state index contributed by atoms with van der Waals surface area (Å²) in [7, 11) is 0. The van der Waals surface area contributed by atoms with Gasteiger partial charge in [0.25, 0.3) is 0 Å². The molecular weight excluding hydrogens is 310 g/mol. The monoisotopic (exact) mass is 339 g/mol. The van der Waals surface area contributed by atoms with E-state index in [2.05, 4.69) is 11.0 Å². The molecule has 25 heavy (non-hydrogen) atoms. The fourth-order valence-corrected chi connectivity index (χ4v) is 7.59. The van der Waals surface area contributed by atoms with E-state index in [0.717, 1.165) is 44.6 Å². The summed E-state index contributed by atoms with van der Waals surface area (Å²) in [6, 6.07) is 6.37. The summed E-state index contributed by atoms with van der Waals surface area (Å²) < 4.78 is 0. The molecule has 3 bridgehead atoms. The summed E-state index contributed by atoms with van der Waals surface area (Å²) in [4.78, 5) is 2.69. The van der Waals surface area contributed by atoms with Crippen LogP contribution in [-0.4, -0.2) is 39.8 Å². The van der Waals surface area contributed by atoms with Crippen LogP contribution in [0.2, 0.25) is 0 Å². The number of phenolic OH excluding ortho intramolecular Hbond substituents is 1. The molecule has 3 saturated carbocycles. The lowest BCUT2D eigenvalue weighted by molar-refractivity contribution is -0.130. The Morgan fingerprint density at radius 2 is 1.92 bits per heavy atom. The van der Waals surface area contributed by atoms with Crippen LogP contribution in [-0.2, 0) is 10.8 Å². The van der Waals surface area contributed by atoms with Crippen LogP contribution < -0.4 is 0 Å². The summed E-state index contributed by atoms with van der Waals surface area (Å²) in [5.41, 5.74) is 2.25. The van der Waals surface area contributed by atoms with Gasteiger partial charge in [-0.15, -0.1) is 0 Å². The van der Waals surface area contributed by atoms with Crippen molar-refractivity contribution in [1.29, 1.82) is 0 Å². The maximum atomic E-state index is 12.1. The van der Waals surface area contributed by atoms with Crippen molar-refractivity contribution in [2.75, 3.05) is 13.1 Å². The number of aliphatic hydroxyl groups is 1. The van der Waals surface area contributed by atoms with Crippen molar-refractivity contribution in [2.45, 2.75) is 80.3 Å². The molecule has 4 unspecified atom stereocenters. The van der Waals surface area contributed by atoms with Gasteiger partial charge in [0, 0.05) is 30.0 Å². The second-order valence-corrected chi connectivity index (χ2v) is 9.85. The van der Waals surface area contributed by atoms with E-state index in [1.165, 1.54) is 43.4 Å². The quantitative estimate of drug-likeness (QED) is 0.867. The third-order valence-electron chi connectivity index (χ3n) is 8.77. The van der Waals surface area contributed by atoms with Gasteiger partial charge in [0.15, 0.2) is 0 Å². The zero-order chi connectivity index (χ0) is 16.9. The maximum Gasteiger partial charge on any atom is 0.115 e. The highest BCUT2D eigenvalue weighted by atomic mass is 16.3. The number of nitrogens with zero attached hydrogens (tertiary/aromatic N) is 1. The fourth-order valence-electron chi connectivity index (χ4n) is 7.59. The third-order valence-corrected chi connectivity index (χ3v) is 8.77. The van der Waals surface area contributed by atoms with E-state index in [1.807, 2.05) is 12.1 Å². The molecule has 1 aromatic carbocycles. The van der Waals surface area contributed by atoms with Crippen LogP contribution in [0.3, 0.4) is 0 Å². The second kappa shape index (κ2) is 4.61. The molecule has 2 N–H and O–H groups in total. The number of hydrogen-bond donors (Lipinski definition) is 2. The molecule has 134 valence electrons. The largest absolute Gasteiger partial charge is 0.508 e. The molecule has 5 aliphatic rings. The van der Waals surface area contributed by atoms with Gasteiger partial charge >= 0.3 is 0 Å². The van der Waals surface area contributed by atoms with Crippen LogP contribution in [0.1, 0.15) is 68.9 Å². The van der Waals surface area contributed by atoms with Gasteiger partial charge in [0.1, 0.15) is 5.75 Å². The molecule has 1 saturated heterocycles. The maximum absolute atomic E-state index is 12.1. The molecule has 4 fully saturated rings. The first-order valence-corrected chi connectivity index (χ1v) is 10.4. The molecule has 1 heterocycles. The first-order chi connectivity index (χ1) is 12.1. The van der Waals surface area contributed by atoms with E-state index in [9.17, 15) is 10.2 Å². The smallest absolute Gasteiger partial charge is 0.115 e. The SMILES string of the molecule is Oc1ccc2c(c1)C13CCCCC1(O)C1CC2(CN1CC1CCC1)C3. The van der Waals surface area contributed by atoms with E-state index >= 15 is 0 Å². The number of fused-ring (bicyclic) bond motifs is 3. The Balaban J connectivity index is 1.52. The molecule has 3 nitrogen and oxygen atoms in total. The number of aromatic hydroxyl groups is 1. The fraction of sp³-hybridized carbons (Fsp3) is 0.727. The average molecular weight is 339 g/mol. The minimum Gasteiger partial charge on any atom is -0.508 e. The summed E-state index contributed by atoms with van der Waals surface area (Å²) in [5, 5.41) is 22.3. The zero-order valence-corrected chi connectivity index (χ0v) is 15.0. The molecular formula is C22H29NO2.